The van der Waals surface area contributed by atoms with E-state index in [1.54, 1.807) is 13.2 Å². The molecule has 1 aromatic carbocycles. The highest BCUT2D eigenvalue weighted by Gasteiger charge is 2.22. The van der Waals surface area contributed by atoms with Crippen LogP contribution in [-0.4, -0.2) is 14.2 Å². The van der Waals surface area contributed by atoms with Crippen LogP contribution in [0.1, 0.15) is 33.3 Å². The van der Waals surface area contributed by atoms with Gasteiger partial charge in [-0.2, -0.15) is 0 Å². The highest BCUT2D eigenvalue weighted by molar-refractivity contribution is 7.12. The minimum absolute atomic E-state index is 0.0866. The first kappa shape index (κ1) is 13.6. The number of ether oxygens (including phenoxy) is 1. The summed E-state index contributed by atoms with van der Waals surface area (Å²) in [6, 6.07) is 7.21. The second kappa shape index (κ2) is 5.54. The lowest BCUT2D eigenvalue weighted by atomic mass is 10.0. The molecule has 0 saturated heterocycles. The molecule has 1 unspecified atom stereocenters. The Bertz CT molecular complexity index is 601. The van der Waals surface area contributed by atoms with E-state index in [2.05, 4.69) is 11.4 Å². The average Bonchev–Trinajstić information content (AvgIpc) is 3.02. The van der Waals surface area contributed by atoms with E-state index in [1.807, 2.05) is 24.5 Å². The molecule has 1 aliphatic rings. The van der Waals surface area contributed by atoms with Crippen molar-refractivity contribution in [3.05, 3.63) is 51.0 Å². The highest BCUT2D eigenvalue weighted by Crippen LogP contribution is 2.37. The second-order valence-corrected chi connectivity index (χ2v) is 6.23. The Hall–Kier alpha value is -1.39. The Morgan fingerprint density at radius 3 is 2.80 bits per heavy atom. The molecule has 106 valence electrons. The minimum atomic E-state index is -0.225. The number of methoxy groups -OCH3 is 1. The number of fused-ring (bicyclic) bond motifs is 1. The van der Waals surface area contributed by atoms with Gasteiger partial charge in [-0.1, -0.05) is 6.07 Å². The largest absolute Gasteiger partial charge is 0.497 e. The fourth-order valence-electron chi connectivity index (χ4n) is 2.81. The Morgan fingerprint density at radius 1 is 1.30 bits per heavy atom. The molecular weight excluding hydrogens is 273 g/mol. The van der Waals surface area contributed by atoms with E-state index in [9.17, 15) is 4.39 Å². The van der Waals surface area contributed by atoms with Gasteiger partial charge >= 0.3 is 0 Å². The standard InChI is InChI=1S/C16H18FNOS/c1-18-16(12-7-6-11(19-2)9-13(12)17)15-8-10-4-3-5-14(10)20-15/h6-9,16,18H,3-5H2,1-2H3. The first-order valence-corrected chi connectivity index (χ1v) is 7.66. The van der Waals surface area contributed by atoms with Crippen molar-refractivity contribution in [2.75, 3.05) is 14.2 Å². The summed E-state index contributed by atoms with van der Waals surface area (Å²) in [5, 5.41) is 3.23. The van der Waals surface area contributed by atoms with Crippen LogP contribution in [0.3, 0.4) is 0 Å². The van der Waals surface area contributed by atoms with Crippen LogP contribution in [0.2, 0.25) is 0 Å². The summed E-state index contributed by atoms with van der Waals surface area (Å²) in [6.45, 7) is 0. The third-order valence-electron chi connectivity index (χ3n) is 3.86. The zero-order chi connectivity index (χ0) is 14.1. The van der Waals surface area contributed by atoms with Crippen molar-refractivity contribution in [1.29, 1.82) is 0 Å². The number of benzene rings is 1. The lowest BCUT2D eigenvalue weighted by Crippen LogP contribution is -2.18. The number of rotatable bonds is 4. The van der Waals surface area contributed by atoms with Gasteiger partial charge in [0.1, 0.15) is 11.6 Å². The lowest BCUT2D eigenvalue weighted by Gasteiger charge is -2.16. The molecule has 1 atom stereocenters. The number of aryl methyl sites for hydroxylation is 2. The van der Waals surface area contributed by atoms with Crippen LogP contribution in [0.25, 0.3) is 0 Å². The Labute approximate surface area is 122 Å². The van der Waals surface area contributed by atoms with Crippen molar-refractivity contribution in [3.8, 4) is 5.75 Å². The molecule has 0 aliphatic heterocycles. The van der Waals surface area contributed by atoms with Gasteiger partial charge in [0.15, 0.2) is 0 Å². The summed E-state index contributed by atoms with van der Waals surface area (Å²) in [7, 11) is 3.42. The first-order chi connectivity index (χ1) is 9.72. The van der Waals surface area contributed by atoms with Crippen molar-refractivity contribution >= 4 is 11.3 Å². The molecule has 1 aliphatic carbocycles. The van der Waals surface area contributed by atoms with E-state index in [1.165, 1.54) is 34.2 Å². The zero-order valence-corrected chi connectivity index (χ0v) is 12.5. The third-order valence-corrected chi connectivity index (χ3v) is 5.16. The van der Waals surface area contributed by atoms with E-state index in [0.29, 0.717) is 11.3 Å². The molecule has 0 radical (unpaired) electrons. The maximum Gasteiger partial charge on any atom is 0.132 e. The van der Waals surface area contributed by atoms with Gasteiger partial charge < -0.3 is 10.1 Å². The summed E-state index contributed by atoms with van der Waals surface area (Å²) in [5.41, 5.74) is 2.12. The molecule has 0 fully saturated rings. The molecule has 2 nitrogen and oxygen atoms in total. The van der Waals surface area contributed by atoms with Crippen LogP contribution in [-0.2, 0) is 12.8 Å². The van der Waals surface area contributed by atoms with Gasteiger partial charge in [0, 0.05) is 21.4 Å². The lowest BCUT2D eigenvalue weighted by molar-refractivity contribution is 0.410. The van der Waals surface area contributed by atoms with Gasteiger partial charge in [-0.25, -0.2) is 4.39 Å². The maximum atomic E-state index is 14.2. The molecule has 0 bridgehead atoms. The van der Waals surface area contributed by atoms with Gasteiger partial charge in [-0.15, -0.1) is 11.3 Å². The molecule has 2 aromatic rings. The van der Waals surface area contributed by atoms with Crippen LogP contribution in [0.5, 0.6) is 5.75 Å². The molecule has 1 heterocycles. The number of hydrogen-bond acceptors (Lipinski definition) is 3. The SMILES string of the molecule is CNC(c1cc2c(s1)CCC2)c1ccc(OC)cc1F. The number of hydrogen-bond donors (Lipinski definition) is 1. The molecule has 0 saturated carbocycles. The van der Waals surface area contributed by atoms with Crippen molar-refractivity contribution in [2.45, 2.75) is 25.3 Å². The Kier molecular flexibility index (Phi) is 3.76. The van der Waals surface area contributed by atoms with Crippen molar-refractivity contribution in [2.24, 2.45) is 0 Å². The topological polar surface area (TPSA) is 21.3 Å². The van der Waals surface area contributed by atoms with Gasteiger partial charge in [0.25, 0.3) is 0 Å². The molecule has 0 spiro atoms. The molecule has 1 N–H and O–H groups in total. The molecule has 1 aromatic heterocycles. The van der Waals surface area contributed by atoms with Gasteiger partial charge in [0.2, 0.25) is 0 Å². The van der Waals surface area contributed by atoms with Crippen LogP contribution in [0.15, 0.2) is 24.3 Å². The van der Waals surface area contributed by atoms with E-state index in [4.69, 9.17) is 4.74 Å². The van der Waals surface area contributed by atoms with E-state index in [0.717, 1.165) is 6.42 Å². The van der Waals surface area contributed by atoms with Crippen LogP contribution < -0.4 is 10.1 Å². The van der Waals surface area contributed by atoms with E-state index in [-0.39, 0.29) is 11.9 Å². The Morgan fingerprint density at radius 2 is 2.15 bits per heavy atom. The summed E-state index contributed by atoms with van der Waals surface area (Å²) < 4.78 is 19.3. The fourth-order valence-corrected chi connectivity index (χ4v) is 4.20. The van der Waals surface area contributed by atoms with Gasteiger partial charge in [-0.05, 0) is 44.0 Å². The number of thiophene rings is 1. The van der Waals surface area contributed by atoms with Crippen LogP contribution in [0, 0.1) is 5.82 Å². The molecule has 4 heteroatoms. The smallest absolute Gasteiger partial charge is 0.132 e. The number of nitrogens with one attached hydrogen (secondary N) is 1. The highest BCUT2D eigenvalue weighted by atomic mass is 32.1. The van der Waals surface area contributed by atoms with E-state index < -0.39 is 0 Å². The van der Waals surface area contributed by atoms with Crippen molar-refractivity contribution in [3.63, 3.8) is 0 Å². The molecule has 20 heavy (non-hydrogen) atoms. The molecule has 0 amide bonds. The maximum absolute atomic E-state index is 14.2. The molecular formula is C16H18FNOS. The summed E-state index contributed by atoms with van der Waals surface area (Å²) >= 11 is 1.81. The Balaban J connectivity index is 1.96. The fraction of sp³-hybridized carbons (Fsp3) is 0.375. The summed E-state index contributed by atoms with van der Waals surface area (Å²) in [4.78, 5) is 2.66. The van der Waals surface area contributed by atoms with Gasteiger partial charge in [-0.3, -0.25) is 0 Å². The van der Waals surface area contributed by atoms with Crippen LogP contribution >= 0.6 is 11.3 Å². The third kappa shape index (κ3) is 2.34. The minimum Gasteiger partial charge on any atom is -0.497 e. The summed E-state index contributed by atoms with van der Waals surface area (Å²) in [6.07, 6.45) is 3.58. The second-order valence-electron chi connectivity index (χ2n) is 5.06. The monoisotopic (exact) mass is 291 g/mol. The predicted octanol–water partition coefficient (Wildman–Crippen LogP) is 3.69. The van der Waals surface area contributed by atoms with Gasteiger partial charge in [0.05, 0.1) is 13.2 Å². The molecule has 3 rings (SSSR count). The number of halogens is 1. The quantitative estimate of drug-likeness (QED) is 0.927. The normalized spacial score (nSPS) is 15.2. The van der Waals surface area contributed by atoms with Crippen molar-refractivity contribution in [1.82, 2.24) is 5.32 Å². The first-order valence-electron chi connectivity index (χ1n) is 6.85. The van der Waals surface area contributed by atoms with Crippen molar-refractivity contribution < 1.29 is 9.13 Å². The summed E-state index contributed by atoms with van der Waals surface area (Å²) in [5.74, 6) is 0.326. The van der Waals surface area contributed by atoms with Crippen LogP contribution in [0.4, 0.5) is 4.39 Å². The zero-order valence-electron chi connectivity index (χ0n) is 11.7. The predicted molar refractivity (Wildman–Crippen MR) is 80.2 cm³/mol. The van der Waals surface area contributed by atoms with E-state index >= 15 is 0 Å². The average molecular weight is 291 g/mol.